The van der Waals surface area contributed by atoms with Crippen LogP contribution in [0.4, 0.5) is 10.1 Å². The number of hydrogen-bond donors (Lipinski definition) is 1. The molecule has 5 heteroatoms. The first-order valence-electron chi connectivity index (χ1n) is 5.26. The third-order valence-electron chi connectivity index (χ3n) is 2.34. The van der Waals surface area contributed by atoms with Crippen molar-refractivity contribution in [1.29, 1.82) is 0 Å². The van der Waals surface area contributed by atoms with E-state index in [4.69, 9.17) is 0 Å². The van der Waals surface area contributed by atoms with Gasteiger partial charge in [0, 0.05) is 4.90 Å². The molecule has 1 amide bonds. The summed E-state index contributed by atoms with van der Waals surface area (Å²) in [5.74, 6) is -0.800. The highest BCUT2D eigenvalue weighted by atomic mass is 32.2. The summed E-state index contributed by atoms with van der Waals surface area (Å²) < 4.78 is 12.6. The van der Waals surface area contributed by atoms with Crippen molar-refractivity contribution >= 4 is 23.4 Å². The van der Waals surface area contributed by atoms with Crippen molar-refractivity contribution in [2.75, 3.05) is 11.6 Å². The fourth-order valence-corrected chi connectivity index (χ4v) is 2.08. The van der Waals surface area contributed by atoms with Gasteiger partial charge in [0.25, 0.3) is 5.91 Å². The summed E-state index contributed by atoms with van der Waals surface area (Å²) >= 11 is 1.50. The van der Waals surface area contributed by atoms with E-state index < -0.39 is 5.95 Å². The third kappa shape index (κ3) is 2.87. The molecule has 0 unspecified atom stereocenters. The van der Waals surface area contributed by atoms with Crippen LogP contribution >= 0.6 is 11.8 Å². The van der Waals surface area contributed by atoms with Crippen LogP contribution in [0.3, 0.4) is 0 Å². The molecule has 1 aromatic heterocycles. The van der Waals surface area contributed by atoms with Crippen LogP contribution in [0.2, 0.25) is 0 Å². The van der Waals surface area contributed by atoms with E-state index in [0.29, 0.717) is 11.3 Å². The van der Waals surface area contributed by atoms with Gasteiger partial charge in [-0.15, -0.1) is 11.8 Å². The van der Waals surface area contributed by atoms with E-state index in [1.54, 1.807) is 12.1 Å². The van der Waals surface area contributed by atoms with E-state index in [2.05, 4.69) is 10.3 Å². The average molecular weight is 262 g/mol. The van der Waals surface area contributed by atoms with E-state index in [-0.39, 0.29) is 5.91 Å². The first kappa shape index (κ1) is 12.6. The first-order valence-corrected chi connectivity index (χ1v) is 6.49. The lowest BCUT2D eigenvalue weighted by atomic mass is 10.2. The number of anilines is 1. The SMILES string of the molecule is CSc1ccccc1C(=O)Nc1ccc(F)nc1. The van der Waals surface area contributed by atoms with E-state index in [1.807, 2.05) is 18.4 Å². The molecule has 0 radical (unpaired) electrons. The van der Waals surface area contributed by atoms with Gasteiger partial charge < -0.3 is 5.32 Å². The lowest BCUT2D eigenvalue weighted by Gasteiger charge is -2.07. The molecule has 92 valence electrons. The van der Waals surface area contributed by atoms with Crippen LogP contribution in [0, 0.1) is 5.95 Å². The van der Waals surface area contributed by atoms with Gasteiger partial charge in [0.15, 0.2) is 0 Å². The maximum absolute atomic E-state index is 12.6. The monoisotopic (exact) mass is 262 g/mol. The Hall–Kier alpha value is -1.88. The largest absolute Gasteiger partial charge is 0.321 e. The first-order chi connectivity index (χ1) is 8.70. The number of thioether (sulfide) groups is 1. The Morgan fingerprint density at radius 3 is 2.72 bits per heavy atom. The lowest BCUT2D eigenvalue weighted by molar-refractivity contribution is 0.102. The Morgan fingerprint density at radius 2 is 2.06 bits per heavy atom. The second kappa shape index (κ2) is 5.64. The highest BCUT2D eigenvalue weighted by molar-refractivity contribution is 7.98. The minimum atomic E-state index is -0.572. The van der Waals surface area contributed by atoms with E-state index in [0.717, 1.165) is 4.90 Å². The number of nitrogens with zero attached hydrogens (tertiary/aromatic N) is 1. The number of benzene rings is 1. The van der Waals surface area contributed by atoms with Gasteiger partial charge in [0.05, 0.1) is 17.4 Å². The van der Waals surface area contributed by atoms with Crippen molar-refractivity contribution in [3.63, 3.8) is 0 Å². The van der Waals surface area contributed by atoms with Gasteiger partial charge in [-0.2, -0.15) is 4.39 Å². The Kier molecular flexibility index (Phi) is 3.94. The van der Waals surface area contributed by atoms with Gasteiger partial charge in [-0.3, -0.25) is 4.79 Å². The summed E-state index contributed by atoms with van der Waals surface area (Å²) in [5.41, 5.74) is 1.06. The maximum atomic E-state index is 12.6. The van der Waals surface area contributed by atoms with Crippen LogP contribution in [0.1, 0.15) is 10.4 Å². The zero-order chi connectivity index (χ0) is 13.0. The average Bonchev–Trinajstić information content (AvgIpc) is 2.41. The molecule has 0 saturated heterocycles. The highest BCUT2D eigenvalue weighted by Gasteiger charge is 2.10. The minimum absolute atomic E-state index is 0.228. The summed E-state index contributed by atoms with van der Waals surface area (Å²) in [6.45, 7) is 0. The van der Waals surface area contributed by atoms with Crippen molar-refractivity contribution in [1.82, 2.24) is 4.98 Å². The molecule has 0 atom stereocenters. The molecule has 0 aliphatic carbocycles. The van der Waals surface area contributed by atoms with E-state index >= 15 is 0 Å². The molecule has 0 aliphatic rings. The number of halogens is 1. The van der Waals surface area contributed by atoms with Crippen LogP contribution in [0.25, 0.3) is 0 Å². The van der Waals surface area contributed by atoms with Crippen LogP contribution in [-0.2, 0) is 0 Å². The molecule has 0 aliphatic heterocycles. The summed E-state index contributed by atoms with van der Waals surface area (Å²) in [7, 11) is 0. The molecular weight excluding hydrogens is 251 g/mol. The Morgan fingerprint density at radius 1 is 1.28 bits per heavy atom. The van der Waals surface area contributed by atoms with Gasteiger partial charge in [0.2, 0.25) is 5.95 Å². The van der Waals surface area contributed by atoms with Crippen molar-refractivity contribution in [2.45, 2.75) is 4.90 Å². The van der Waals surface area contributed by atoms with Crippen molar-refractivity contribution in [3.05, 3.63) is 54.1 Å². The summed E-state index contributed by atoms with van der Waals surface area (Å²) in [6, 6.07) is 9.98. The smallest absolute Gasteiger partial charge is 0.256 e. The van der Waals surface area contributed by atoms with Gasteiger partial charge in [-0.1, -0.05) is 12.1 Å². The second-order valence-corrected chi connectivity index (χ2v) is 4.37. The van der Waals surface area contributed by atoms with Crippen LogP contribution < -0.4 is 5.32 Å². The molecule has 2 rings (SSSR count). The summed E-state index contributed by atoms with van der Waals surface area (Å²) in [5, 5.41) is 2.68. The number of carbonyl (C=O) groups excluding carboxylic acids is 1. The molecular formula is C13H11FN2OS. The van der Waals surface area contributed by atoms with Crippen molar-refractivity contribution in [2.24, 2.45) is 0 Å². The Balaban J connectivity index is 2.19. The molecule has 0 spiro atoms. The van der Waals surface area contributed by atoms with Gasteiger partial charge >= 0.3 is 0 Å². The zero-order valence-corrected chi connectivity index (χ0v) is 10.5. The number of hydrogen-bond acceptors (Lipinski definition) is 3. The molecule has 0 fully saturated rings. The van der Waals surface area contributed by atoms with Crippen LogP contribution in [0.5, 0.6) is 0 Å². The predicted octanol–water partition coefficient (Wildman–Crippen LogP) is 3.19. The molecule has 18 heavy (non-hydrogen) atoms. The number of aromatic nitrogens is 1. The predicted molar refractivity (Wildman–Crippen MR) is 70.4 cm³/mol. The van der Waals surface area contributed by atoms with Crippen molar-refractivity contribution in [3.8, 4) is 0 Å². The lowest BCUT2D eigenvalue weighted by Crippen LogP contribution is -2.13. The number of carbonyl (C=O) groups is 1. The highest BCUT2D eigenvalue weighted by Crippen LogP contribution is 2.20. The molecule has 3 nitrogen and oxygen atoms in total. The standard InChI is InChI=1S/C13H11FN2OS/c1-18-11-5-3-2-4-10(11)13(17)16-9-6-7-12(14)15-8-9/h2-8H,1H3,(H,16,17). The molecule has 1 aromatic carbocycles. The number of nitrogens with one attached hydrogen (secondary N) is 1. The van der Waals surface area contributed by atoms with E-state index in [1.165, 1.54) is 30.1 Å². The number of amides is 1. The molecule has 2 aromatic rings. The van der Waals surface area contributed by atoms with Gasteiger partial charge in [-0.05, 0) is 30.5 Å². The Bertz CT molecular complexity index is 557. The number of rotatable bonds is 3. The second-order valence-electron chi connectivity index (χ2n) is 3.52. The zero-order valence-electron chi connectivity index (χ0n) is 9.68. The van der Waals surface area contributed by atoms with Gasteiger partial charge in [0.1, 0.15) is 0 Å². The van der Waals surface area contributed by atoms with Crippen LogP contribution in [-0.4, -0.2) is 17.1 Å². The third-order valence-corrected chi connectivity index (χ3v) is 3.13. The minimum Gasteiger partial charge on any atom is -0.321 e. The molecule has 0 bridgehead atoms. The summed E-state index contributed by atoms with van der Waals surface area (Å²) in [6.07, 6.45) is 3.19. The fraction of sp³-hybridized carbons (Fsp3) is 0.0769. The van der Waals surface area contributed by atoms with E-state index in [9.17, 15) is 9.18 Å². The van der Waals surface area contributed by atoms with Gasteiger partial charge in [-0.25, -0.2) is 4.98 Å². The quantitative estimate of drug-likeness (QED) is 0.682. The summed E-state index contributed by atoms with van der Waals surface area (Å²) in [4.78, 5) is 16.4. The molecule has 0 saturated carbocycles. The normalized spacial score (nSPS) is 10.1. The molecule has 1 heterocycles. The maximum Gasteiger partial charge on any atom is 0.256 e. The topological polar surface area (TPSA) is 42.0 Å². The fourth-order valence-electron chi connectivity index (χ4n) is 1.48. The van der Waals surface area contributed by atoms with Crippen molar-refractivity contribution < 1.29 is 9.18 Å². The Labute approximate surface area is 108 Å². The molecule has 1 N–H and O–H groups in total. The number of pyridine rings is 1. The van der Waals surface area contributed by atoms with Crippen LogP contribution in [0.15, 0.2) is 47.5 Å².